The molecule has 1 saturated heterocycles. The van der Waals surface area contributed by atoms with Gasteiger partial charge in [0.1, 0.15) is 11.3 Å². The first-order valence-electron chi connectivity index (χ1n) is 10.9. The van der Waals surface area contributed by atoms with Gasteiger partial charge in [-0.05, 0) is 50.1 Å². The lowest BCUT2D eigenvalue weighted by molar-refractivity contribution is -0.152. The third kappa shape index (κ3) is 4.26. The Balaban J connectivity index is 1.17. The number of amides is 1. The van der Waals surface area contributed by atoms with Gasteiger partial charge in [-0.15, -0.1) is 0 Å². The van der Waals surface area contributed by atoms with Crippen LogP contribution in [0.5, 0.6) is 5.75 Å². The highest BCUT2D eigenvalue weighted by atomic mass is 16.5. The minimum atomic E-state index is -0.939. The number of aromatic nitrogens is 1. The molecule has 3 aromatic rings. The first-order valence-corrected chi connectivity index (χ1v) is 10.9. The number of ketones is 1. The van der Waals surface area contributed by atoms with Crippen LogP contribution in [-0.4, -0.2) is 48.4 Å². The molecule has 2 aliphatic heterocycles. The number of anilines is 2. The van der Waals surface area contributed by atoms with Gasteiger partial charge in [0.2, 0.25) is 5.78 Å². The zero-order valence-corrected chi connectivity index (χ0v) is 18.1. The molecule has 1 amide bonds. The number of carbonyl (C=O) groups is 3. The number of Topliss-reactive ketones (excluding diaryl/α,β-unsaturated/α-hetero) is 1. The molecule has 33 heavy (non-hydrogen) atoms. The SMILES string of the molecule is C[C@@H](OC(=O)C1CCN(c2nc3ccccc3o2)CC1)C(=O)c1ccc2c(c1)NC(=O)CO2. The molecule has 9 heteroatoms. The summed E-state index contributed by atoms with van der Waals surface area (Å²) in [5.74, 6) is -0.799. The summed E-state index contributed by atoms with van der Waals surface area (Å²) in [6.07, 6.45) is 0.229. The van der Waals surface area contributed by atoms with E-state index in [1.54, 1.807) is 19.1 Å². The first kappa shape index (κ1) is 21.0. The van der Waals surface area contributed by atoms with Crippen LogP contribution in [0.1, 0.15) is 30.1 Å². The number of fused-ring (bicyclic) bond motifs is 2. The van der Waals surface area contributed by atoms with Gasteiger partial charge in [0, 0.05) is 18.7 Å². The lowest BCUT2D eigenvalue weighted by Crippen LogP contribution is -2.38. The van der Waals surface area contributed by atoms with Crippen molar-refractivity contribution in [1.82, 2.24) is 4.98 Å². The maximum absolute atomic E-state index is 12.8. The summed E-state index contributed by atoms with van der Waals surface area (Å²) in [6, 6.07) is 12.9. The molecule has 0 unspecified atom stereocenters. The quantitative estimate of drug-likeness (QED) is 0.467. The smallest absolute Gasteiger partial charge is 0.309 e. The van der Waals surface area contributed by atoms with Crippen molar-refractivity contribution in [1.29, 1.82) is 0 Å². The van der Waals surface area contributed by atoms with E-state index in [9.17, 15) is 14.4 Å². The lowest BCUT2D eigenvalue weighted by Gasteiger charge is -2.30. The van der Waals surface area contributed by atoms with Crippen molar-refractivity contribution >= 4 is 40.5 Å². The van der Waals surface area contributed by atoms with E-state index in [0.717, 1.165) is 11.1 Å². The van der Waals surface area contributed by atoms with Crippen molar-refractivity contribution in [2.24, 2.45) is 5.92 Å². The standard InChI is InChI=1S/C24H23N3O6/c1-14(22(29)16-6-7-19-18(12-16)25-21(28)13-31-19)32-23(30)15-8-10-27(11-9-15)24-26-17-4-2-3-5-20(17)33-24/h2-7,12,14-15H,8-11,13H2,1H3,(H,25,28)/t14-/m1/s1. The Labute approximate surface area is 189 Å². The van der Waals surface area contributed by atoms with Gasteiger partial charge >= 0.3 is 5.97 Å². The van der Waals surface area contributed by atoms with Crippen molar-refractivity contribution < 1.29 is 28.3 Å². The van der Waals surface area contributed by atoms with Crippen LogP contribution in [0.4, 0.5) is 11.7 Å². The van der Waals surface area contributed by atoms with E-state index in [1.165, 1.54) is 6.07 Å². The monoisotopic (exact) mass is 449 g/mol. The number of piperidine rings is 1. The van der Waals surface area contributed by atoms with E-state index in [2.05, 4.69) is 10.3 Å². The summed E-state index contributed by atoms with van der Waals surface area (Å²) in [7, 11) is 0. The number of nitrogens with one attached hydrogen (secondary N) is 1. The Morgan fingerprint density at radius 1 is 1.18 bits per heavy atom. The van der Waals surface area contributed by atoms with Gasteiger partial charge in [-0.25, -0.2) is 0 Å². The van der Waals surface area contributed by atoms with E-state index < -0.39 is 6.10 Å². The average molecular weight is 449 g/mol. The van der Waals surface area contributed by atoms with E-state index in [-0.39, 0.29) is 30.2 Å². The second-order valence-electron chi connectivity index (χ2n) is 8.22. The molecule has 5 rings (SSSR count). The molecule has 0 saturated carbocycles. The third-order valence-corrected chi connectivity index (χ3v) is 5.94. The van der Waals surface area contributed by atoms with Gasteiger partial charge in [-0.1, -0.05) is 12.1 Å². The van der Waals surface area contributed by atoms with Gasteiger partial charge in [0.15, 0.2) is 18.3 Å². The first-order chi connectivity index (χ1) is 16.0. The summed E-state index contributed by atoms with van der Waals surface area (Å²) in [5, 5.41) is 2.67. The molecule has 1 N–H and O–H groups in total. The number of hydrogen-bond acceptors (Lipinski definition) is 8. The van der Waals surface area contributed by atoms with Gasteiger partial charge in [0.05, 0.1) is 11.6 Å². The van der Waals surface area contributed by atoms with Crippen molar-refractivity contribution in [3.05, 3.63) is 48.0 Å². The number of esters is 1. The molecular weight excluding hydrogens is 426 g/mol. The maximum Gasteiger partial charge on any atom is 0.309 e. The Hall–Kier alpha value is -3.88. The number of para-hydroxylation sites is 2. The van der Waals surface area contributed by atoms with Crippen molar-refractivity contribution in [3.8, 4) is 5.75 Å². The van der Waals surface area contributed by atoms with Crippen LogP contribution in [0.15, 0.2) is 46.9 Å². The number of ether oxygens (including phenoxy) is 2. The molecule has 0 radical (unpaired) electrons. The Bertz CT molecular complexity index is 1190. The topological polar surface area (TPSA) is 111 Å². The lowest BCUT2D eigenvalue weighted by atomic mass is 9.97. The highest BCUT2D eigenvalue weighted by molar-refractivity contribution is 6.03. The Morgan fingerprint density at radius 2 is 1.97 bits per heavy atom. The molecule has 1 fully saturated rings. The fraction of sp³-hybridized carbons (Fsp3) is 0.333. The van der Waals surface area contributed by atoms with Crippen LogP contribution in [0.2, 0.25) is 0 Å². The van der Waals surface area contributed by atoms with Crippen molar-refractivity contribution in [2.45, 2.75) is 25.9 Å². The van der Waals surface area contributed by atoms with Gasteiger partial charge in [-0.2, -0.15) is 4.98 Å². The molecule has 2 aromatic carbocycles. The van der Waals surface area contributed by atoms with Crippen LogP contribution in [0.25, 0.3) is 11.1 Å². The number of benzene rings is 2. The van der Waals surface area contributed by atoms with Crippen molar-refractivity contribution in [2.75, 3.05) is 29.9 Å². The molecule has 0 bridgehead atoms. The Kier molecular flexibility index (Phi) is 5.45. The molecular formula is C24H23N3O6. The number of oxazole rings is 1. The fourth-order valence-electron chi connectivity index (χ4n) is 4.10. The zero-order chi connectivity index (χ0) is 22.9. The van der Waals surface area contributed by atoms with E-state index in [1.807, 2.05) is 29.2 Å². The van der Waals surface area contributed by atoms with E-state index >= 15 is 0 Å². The molecule has 1 atom stereocenters. The van der Waals surface area contributed by atoms with Crippen LogP contribution in [-0.2, 0) is 14.3 Å². The van der Waals surface area contributed by atoms with Crippen LogP contribution >= 0.6 is 0 Å². The molecule has 0 spiro atoms. The summed E-state index contributed by atoms with van der Waals surface area (Å²) in [4.78, 5) is 43.5. The molecule has 9 nitrogen and oxygen atoms in total. The third-order valence-electron chi connectivity index (χ3n) is 5.94. The minimum absolute atomic E-state index is 0.0560. The number of hydrogen-bond donors (Lipinski definition) is 1. The predicted octanol–water partition coefficient (Wildman–Crippen LogP) is 3.19. The molecule has 0 aliphatic carbocycles. The number of carbonyl (C=O) groups excluding carboxylic acids is 3. The molecule has 1 aromatic heterocycles. The second-order valence-corrected chi connectivity index (χ2v) is 8.22. The zero-order valence-electron chi connectivity index (χ0n) is 18.1. The van der Waals surface area contributed by atoms with Gasteiger partial charge < -0.3 is 24.1 Å². The second kappa shape index (κ2) is 8.57. The largest absolute Gasteiger partial charge is 0.482 e. The van der Waals surface area contributed by atoms with E-state index in [0.29, 0.717) is 48.9 Å². The summed E-state index contributed by atoms with van der Waals surface area (Å²) in [5.41, 5.74) is 2.30. The van der Waals surface area contributed by atoms with E-state index in [4.69, 9.17) is 13.9 Å². The predicted molar refractivity (Wildman–Crippen MR) is 119 cm³/mol. The molecule has 2 aliphatic rings. The van der Waals surface area contributed by atoms with Crippen LogP contribution in [0.3, 0.4) is 0 Å². The van der Waals surface area contributed by atoms with Gasteiger partial charge in [-0.3, -0.25) is 14.4 Å². The normalized spacial score (nSPS) is 17.1. The number of rotatable bonds is 5. The highest BCUT2D eigenvalue weighted by Crippen LogP contribution is 2.30. The number of nitrogens with zero attached hydrogens (tertiary/aromatic N) is 2. The highest BCUT2D eigenvalue weighted by Gasteiger charge is 2.31. The Morgan fingerprint density at radius 3 is 2.76 bits per heavy atom. The summed E-state index contributed by atoms with van der Waals surface area (Å²) in [6.45, 7) is 2.72. The molecule has 3 heterocycles. The average Bonchev–Trinajstić information content (AvgIpc) is 3.27. The minimum Gasteiger partial charge on any atom is -0.482 e. The van der Waals surface area contributed by atoms with Crippen molar-refractivity contribution in [3.63, 3.8) is 0 Å². The fourth-order valence-corrected chi connectivity index (χ4v) is 4.10. The summed E-state index contributed by atoms with van der Waals surface area (Å²) >= 11 is 0. The summed E-state index contributed by atoms with van der Waals surface area (Å²) < 4.78 is 16.6. The molecule has 170 valence electrons. The van der Waals surface area contributed by atoms with Crippen LogP contribution in [0, 0.1) is 5.92 Å². The van der Waals surface area contributed by atoms with Gasteiger partial charge in [0.25, 0.3) is 11.9 Å². The maximum atomic E-state index is 12.8. The van der Waals surface area contributed by atoms with Crippen LogP contribution < -0.4 is 15.0 Å².